The molecule has 2 aromatic rings. The number of aromatic nitrogens is 2. The third-order valence-corrected chi connectivity index (χ3v) is 2.66. The number of hydrogen-bond acceptors (Lipinski definition) is 4. The van der Waals surface area contributed by atoms with E-state index in [1.807, 2.05) is 12.1 Å². The Morgan fingerprint density at radius 3 is 3.06 bits per heavy atom. The molecular weight excluding hydrogens is 270 g/mol. The van der Waals surface area contributed by atoms with Gasteiger partial charge in [-0.05, 0) is 12.5 Å². The number of alkyl halides is 1. The summed E-state index contributed by atoms with van der Waals surface area (Å²) in [6.45, 7) is 0.896. The summed E-state index contributed by atoms with van der Waals surface area (Å²) in [5.41, 5.74) is 1.83. The summed E-state index contributed by atoms with van der Waals surface area (Å²) in [6, 6.07) is 3.80. The Morgan fingerprint density at radius 2 is 2.31 bits per heavy atom. The van der Waals surface area contributed by atoms with Crippen molar-refractivity contribution in [2.45, 2.75) is 6.42 Å². The van der Waals surface area contributed by atoms with Gasteiger partial charge >= 0.3 is 0 Å². The summed E-state index contributed by atoms with van der Waals surface area (Å²) < 4.78 is 5.02. The molecule has 0 aliphatic carbocycles. The second-order valence-electron chi connectivity index (χ2n) is 3.27. The Morgan fingerprint density at radius 1 is 1.38 bits per heavy atom. The molecule has 0 radical (unpaired) electrons. The predicted molar refractivity (Wildman–Crippen MR) is 66.6 cm³/mol. The van der Waals surface area contributed by atoms with Gasteiger partial charge in [-0.3, -0.25) is 0 Å². The SMILES string of the molecule is BrCCCNc1cc(-c2ccoc2)ncn1. The molecule has 0 fully saturated rings. The Labute approximate surface area is 102 Å². The molecule has 0 saturated carbocycles. The first kappa shape index (κ1) is 11.1. The zero-order valence-electron chi connectivity index (χ0n) is 8.69. The molecule has 2 rings (SSSR count). The van der Waals surface area contributed by atoms with Crippen LogP contribution in [0.4, 0.5) is 5.82 Å². The van der Waals surface area contributed by atoms with Crippen molar-refractivity contribution >= 4 is 21.7 Å². The van der Waals surface area contributed by atoms with Gasteiger partial charge < -0.3 is 9.73 Å². The van der Waals surface area contributed by atoms with Crippen molar-refractivity contribution in [3.8, 4) is 11.3 Å². The molecule has 5 heteroatoms. The molecule has 0 spiro atoms. The maximum atomic E-state index is 5.02. The van der Waals surface area contributed by atoms with E-state index in [9.17, 15) is 0 Å². The molecule has 84 valence electrons. The molecule has 16 heavy (non-hydrogen) atoms. The van der Waals surface area contributed by atoms with Crippen LogP contribution in [0.3, 0.4) is 0 Å². The molecule has 4 nitrogen and oxygen atoms in total. The Balaban J connectivity index is 2.08. The average molecular weight is 282 g/mol. The first-order valence-electron chi connectivity index (χ1n) is 5.04. The van der Waals surface area contributed by atoms with Gasteiger partial charge in [0.05, 0.1) is 18.2 Å². The summed E-state index contributed by atoms with van der Waals surface area (Å²) in [5, 5.41) is 4.22. The molecule has 0 saturated heterocycles. The highest BCUT2D eigenvalue weighted by Crippen LogP contribution is 2.18. The lowest BCUT2D eigenvalue weighted by Crippen LogP contribution is -2.04. The van der Waals surface area contributed by atoms with E-state index in [2.05, 4.69) is 31.2 Å². The molecule has 0 aliphatic heterocycles. The Kier molecular flexibility index (Phi) is 3.93. The molecular formula is C11H12BrN3O. The van der Waals surface area contributed by atoms with Crippen LogP contribution >= 0.6 is 15.9 Å². The minimum atomic E-state index is 0.840. The number of halogens is 1. The molecule has 1 N–H and O–H groups in total. The largest absolute Gasteiger partial charge is 0.472 e. The van der Waals surface area contributed by atoms with Gasteiger partial charge in [-0.1, -0.05) is 15.9 Å². The maximum Gasteiger partial charge on any atom is 0.129 e. The quantitative estimate of drug-likeness (QED) is 0.676. The van der Waals surface area contributed by atoms with Crippen molar-refractivity contribution < 1.29 is 4.42 Å². The number of anilines is 1. The molecule has 0 atom stereocenters. The van der Waals surface area contributed by atoms with Crippen LogP contribution < -0.4 is 5.32 Å². The smallest absolute Gasteiger partial charge is 0.129 e. The van der Waals surface area contributed by atoms with Crippen LogP contribution in [0.2, 0.25) is 0 Å². The van der Waals surface area contributed by atoms with E-state index < -0.39 is 0 Å². The van der Waals surface area contributed by atoms with Crippen molar-refractivity contribution in [2.24, 2.45) is 0 Å². The van der Waals surface area contributed by atoms with E-state index >= 15 is 0 Å². The minimum absolute atomic E-state index is 0.840. The number of hydrogen-bond donors (Lipinski definition) is 1. The number of nitrogens with one attached hydrogen (secondary N) is 1. The normalized spacial score (nSPS) is 10.3. The van der Waals surface area contributed by atoms with Crippen LogP contribution in [0, 0.1) is 0 Å². The van der Waals surface area contributed by atoms with Crippen LogP contribution in [0.5, 0.6) is 0 Å². The highest BCUT2D eigenvalue weighted by Gasteiger charge is 2.02. The van der Waals surface area contributed by atoms with Gasteiger partial charge in [0, 0.05) is 23.5 Å². The van der Waals surface area contributed by atoms with E-state index in [1.165, 1.54) is 0 Å². The highest BCUT2D eigenvalue weighted by molar-refractivity contribution is 9.09. The van der Waals surface area contributed by atoms with Gasteiger partial charge in [0.15, 0.2) is 0 Å². The van der Waals surface area contributed by atoms with E-state index in [4.69, 9.17) is 4.42 Å². The zero-order chi connectivity index (χ0) is 11.2. The van der Waals surface area contributed by atoms with Crippen LogP contribution in [-0.4, -0.2) is 21.8 Å². The van der Waals surface area contributed by atoms with Gasteiger partial charge in [0.2, 0.25) is 0 Å². The third-order valence-electron chi connectivity index (χ3n) is 2.10. The second-order valence-corrected chi connectivity index (χ2v) is 4.06. The Bertz CT molecular complexity index is 431. The summed E-state index contributed by atoms with van der Waals surface area (Å²) in [6.07, 6.45) is 5.92. The van der Waals surface area contributed by atoms with Crippen LogP contribution in [0.1, 0.15) is 6.42 Å². The predicted octanol–water partition coefficient (Wildman–Crippen LogP) is 2.93. The fraction of sp³-hybridized carbons (Fsp3) is 0.273. The van der Waals surface area contributed by atoms with Gasteiger partial charge in [0.1, 0.15) is 12.1 Å². The summed E-state index contributed by atoms with van der Waals surface area (Å²) >= 11 is 3.38. The van der Waals surface area contributed by atoms with Crippen LogP contribution in [0.25, 0.3) is 11.3 Å². The van der Waals surface area contributed by atoms with E-state index in [0.29, 0.717) is 0 Å². The molecule has 0 aliphatic rings. The maximum absolute atomic E-state index is 5.02. The standard InChI is InChI=1S/C11H12BrN3O/c12-3-1-4-13-11-6-10(14-8-15-11)9-2-5-16-7-9/h2,5-8H,1,3-4H2,(H,13,14,15). The van der Waals surface area contributed by atoms with Crippen molar-refractivity contribution in [1.82, 2.24) is 9.97 Å². The summed E-state index contributed by atoms with van der Waals surface area (Å²) in [7, 11) is 0. The van der Waals surface area contributed by atoms with Gasteiger partial charge in [-0.2, -0.15) is 0 Å². The molecule has 0 bridgehead atoms. The first-order chi connectivity index (χ1) is 7.90. The molecule has 0 amide bonds. The number of nitrogens with zero attached hydrogens (tertiary/aromatic N) is 2. The summed E-state index contributed by atoms with van der Waals surface area (Å²) in [5.74, 6) is 0.840. The molecule has 0 aromatic carbocycles. The fourth-order valence-corrected chi connectivity index (χ4v) is 1.59. The molecule has 2 heterocycles. The zero-order valence-corrected chi connectivity index (χ0v) is 10.3. The van der Waals surface area contributed by atoms with Crippen molar-refractivity contribution in [1.29, 1.82) is 0 Å². The van der Waals surface area contributed by atoms with Crippen LogP contribution in [0.15, 0.2) is 35.4 Å². The van der Waals surface area contributed by atoms with Gasteiger partial charge in [-0.25, -0.2) is 9.97 Å². The lowest BCUT2D eigenvalue weighted by Gasteiger charge is -2.04. The lowest BCUT2D eigenvalue weighted by molar-refractivity contribution is 0.568. The first-order valence-corrected chi connectivity index (χ1v) is 6.17. The van der Waals surface area contributed by atoms with E-state index in [0.717, 1.165) is 35.4 Å². The van der Waals surface area contributed by atoms with Crippen LogP contribution in [-0.2, 0) is 0 Å². The number of furan rings is 1. The van der Waals surface area contributed by atoms with E-state index in [1.54, 1.807) is 18.9 Å². The lowest BCUT2D eigenvalue weighted by atomic mass is 10.2. The Hall–Kier alpha value is -1.36. The topological polar surface area (TPSA) is 51.0 Å². The van der Waals surface area contributed by atoms with Crippen molar-refractivity contribution in [3.05, 3.63) is 31.0 Å². The fourth-order valence-electron chi connectivity index (χ4n) is 1.31. The van der Waals surface area contributed by atoms with Crippen molar-refractivity contribution in [3.63, 3.8) is 0 Å². The molecule has 0 unspecified atom stereocenters. The average Bonchev–Trinajstić information content (AvgIpc) is 2.83. The third kappa shape index (κ3) is 2.82. The monoisotopic (exact) mass is 281 g/mol. The molecule has 2 aromatic heterocycles. The van der Waals surface area contributed by atoms with Gasteiger partial charge in [-0.15, -0.1) is 0 Å². The van der Waals surface area contributed by atoms with E-state index in [-0.39, 0.29) is 0 Å². The minimum Gasteiger partial charge on any atom is -0.472 e. The van der Waals surface area contributed by atoms with Crippen molar-refractivity contribution in [2.75, 3.05) is 17.2 Å². The van der Waals surface area contributed by atoms with Gasteiger partial charge in [0.25, 0.3) is 0 Å². The highest BCUT2D eigenvalue weighted by atomic mass is 79.9. The summed E-state index contributed by atoms with van der Waals surface area (Å²) in [4.78, 5) is 8.34. The second kappa shape index (κ2) is 5.65. The number of rotatable bonds is 5.